The number of benzene rings is 2. The van der Waals surface area contributed by atoms with Gasteiger partial charge in [-0.2, -0.15) is 0 Å². The van der Waals surface area contributed by atoms with E-state index >= 15 is 0 Å². The van der Waals surface area contributed by atoms with Crippen LogP contribution in [0.25, 0.3) is 21.8 Å². The van der Waals surface area contributed by atoms with Crippen LogP contribution in [0.15, 0.2) is 67.0 Å². The minimum atomic E-state index is -0.376. The molecule has 0 radical (unpaired) electrons. The summed E-state index contributed by atoms with van der Waals surface area (Å²) in [6, 6.07) is 17.8. The molecule has 110 valence electrons. The summed E-state index contributed by atoms with van der Waals surface area (Å²) in [4.78, 5) is 3.77. The molecule has 0 saturated heterocycles. The van der Waals surface area contributed by atoms with Gasteiger partial charge in [0.05, 0.1) is 22.9 Å². The fourth-order valence-corrected chi connectivity index (χ4v) is 2.63. The fraction of sp³-hybridized carbons (Fsp3) is 0. The molecule has 0 saturated carbocycles. The number of fused-ring (bicyclic) bond motifs is 3. The summed E-state index contributed by atoms with van der Waals surface area (Å²) in [7, 11) is 0. The predicted octanol–water partition coefficient (Wildman–Crippen LogP) is 4.63. The highest BCUT2D eigenvalue weighted by Gasteiger charge is 2.10. The van der Waals surface area contributed by atoms with Gasteiger partial charge in [0.25, 0.3) is 0 Å². The number of hydrogen-bond acceptors (Lipinski definition) is 2. The van der Waals surface area contributed by atoms with Gasteiger partial charge >= 0.3 is 0 Å². The Kier molecular flexibility index (Phi) is 3.69. The first kappa shape index (κ1) is 14.4. The van der Waals surface area contributed by atoms with Crippen LogP contribution >= 0.6 is 12.4 Å². The third-order valence-electron chi connectivity index (χ3n) is 3.58. The topological polar surface area (TPSA) is 29.9 Å². The number of anilines is 1. The molecule has 0 bridgehead atoms. The molecule has 0 amide bonds. The van der Waals surface area contributed by atoms with Crippen molar-refractivity contribution in [2.75, 3.05) is 5.43 Å². The van der Waals surface area contributed by atoms with Crippen molar-refractivity contribution < 1.29 is 4.39 Å². The average molecular weight is 314 g/mol. The molecule has 2 heterocycles. The highest BCUT2D eigenvalue weighted by atomic mass is 35.5. The van der Waals surface area contributed by atoms with Crippen molar-refractivity contribution in [1.29, 1.82) is 0 Å². The second-order valence-corrected chi connectivity index (χ2v) is 4.84. The molecular formula is C17H13ClFN3. The molecule has 0 spiro atoms. The van der Waals surface area contributed by atoms with Crippen LogP contribution in [-0.2, 0) is 0 Å². The van der Waals surface area contributed by atoms with Crippen LogP contribution < -0.4 is 5.43 Å². The number of hydrogen-bond donors (Lipinski definition) is 1. The van der Waals surface area contributed by atoms with Gasteiger partial charge < -0.3 is 0 Å². The summed E-state index contributed by atoms with van der Waals surface area (Å²) in [6.45, 7) is 0. The lowest BCUT2D eigenvalue weighted by atomic mass is 10.2. The third-order valence-corrected chi connectivity index (χ3v) is 3.58. The summed E-state index contributed by atoms with van der Waals surface area (Å²) in [5.74, 6) is -0.376. The Morgan fingerprint density at radius 1 is 0.864 bits per heavy atom. The minimum Gasteiger partial charge on any atom is -0.291 e. The normalized spacial score (nSPS) is 10.6. The standard InChI is InChI=1S/C17H12FN3.ClH/c18-14-11-19-10-9-15(14)20-21-16-7-3-1-5-12(16)13-6-2-4-8-17(13)21;/h1-11H,(H,19,20);1H. The van der Waals surface area contributed by atoms with E-state index in [0.29, 0.717) is 5.69 Å². The number of pyridine rings is 1. The minimum absolute atomic E-state index is 0. The summed E-state index contributed by atoms with van der Waals surface area (Å²) < 4.78 is 15.7. The van der Waals surface area contributed by atoms with Crippen LogP contribution in [0.2, 0.25) is 0 Å². The molecule has 2 aromatic heterocycles. The summed E-state index contributed by atoms with van der Waals surface area (Å²) in [5, 5.41) is 2.27. The maximum Gasteiger partial charge on any atom is 0.166 e. The molecule has 0 fully saturated rings. The third kappa shape index (κ3) is 2.18. The van der Waals surface area contributed by atoms with E-state index in [4.69, 9.17) is 0 Å². The van der Waals surface area contributed by atoms with Crippen molar-refractivity contribution in [3.63, 3.8) is 0 Å². The number of halogens is 2. The van der Waals surface area contributed by atoms with Crippen molar-refractivity contribution in [3.8, 4) is 0 Å². The van der Waals surface area contributed by atoms with E-state index in [0.717, 1.165) is 21.8 Å². The average Bonchev–Trinajstić information content (AvgIpc) is 2.85. The molecule has 1 N–H and O–H groups in total. The van der Waals surface area contributed by atoms with E-state index in [1.807, 2.05) is 41.1 Å². The number of rotatable bonds is 2. The second-order valence-electron chi connectivity index (χ2n) is 4.84. The van der Waals surface area contributed by atoms with E-state index in [2.05, 4.69) is 22.5 Å². The Morgan fingerprint density at radius 3 is 2.05 bits per heavy atom. The fourth-order valence-electron chi connectivity index (χ4n) is 2.63. The number of aromatic nitrogens is 2. The number of nitrogens with one attached hydrogen (secondary N) is 1. The van der Waals surface area contributed by atoms with Crippen molar-refractivity contribution in [2.45, 2.75) is 0 Å². The van der Waals surface area contributed by atoms with Gasteiger partial charge in [-0.25, -0.2) is 4.39 Å². The smallest absolute Gasteiger partial charge is 0.166 e. The van der Waals surface area contributed by atoms with Crippen LogP contribution in [0, 0.1) is 5.82 Å². The Morgan fingerprint density at radius 2 is 1.45 bits per heavy atom. The molecule has 0 aliphatic carbocycles. The van der Waals surface area contributed by atoms with Crippen molar-refractivity contribution in [3.05, 3.63) is 72.8 Å². The van der Waals surface area contributed by atoms with Gasteiger partial charge in [-0.3, -0.25) is 15.1 Å². The number of nitrogens with zero attached hydrogens (tertiary/aromatic N) is 2. The van der Waals surface area contributed by atoms with Gasteiger partial charge in [-0.1, -0.05) is 36.4 Å². The summed E-state index contributed by atoms with van der Waals surface area (Å²) in [5.41, 5.74) is 5.56. The zero-order valence-electron chi connectivity index (χ0n) is 11.5. The molecule has 4 aromatic rings. The Bertz CT molecular complexity index is 896. The Balaban J connectivity index is 0.00000144. The molecule has 22 heavy (non-hydrogen) atoms. The first-order valence-electron chi connectivity index (χ1n) is 6.69. The van der Waals surface area contributed by atoms with Gasteiger partial charge in [0.15, 0.2) is 5.82 Å². The molecule has 0 unspecified atom stereocenters. The van der Waals surface area contributed by atoms with E-state index in [9.17, 15) is 4.39 Å². The van der Waals surface area contributed by atoms with Crippen LogP contribution in [0.5, 0.6) is 0 Å². The Hall–Kier alpha value is -2.59. The SMILES string of the molecule is Cl.Fc1cnccc1Nn1c2ccccc2c2ccccc21. The van der Waals surface area contributed by atoms with Crippen molar-refractivity contribution in [1.82, 2.24) is 9.66 Å². The van der Waals surface area contributed by atoms with Gasteiger partial charge in [-0.05, 0) is 18.2 Å². The lowest BCUT2D eigenvalue weighted by molar-refractivity contribution is 0.622. The molecule has 0 atom stereocenters. The number of para-hydroxylation sites is 2. The van der Waals surface area contributed by atoms with E-state index in [-0.39, 0.29) is 18.2 Å². The van der Waals surface area contributed by atoms with Gasteiger partial charge in [0, 0.05) is 17.0 Å². The van der Waals surface area contributed by atoms with Crippen LogP contribution in [0.1, 0.15) is 0 Å². The molecule has 0 aliphatic heterocycles. The molecular weight excluding hydrogens is 301 g/mol. The quantitative estimate of drug-likeness (QED) is 0.585. The van der Waals surface area contributed by atoms with Crippen LogP contribution in [-0.4, -0.2) is 9.66 Å². The predicted molar refractivity (Wildman–Crippen MR) is 89.9 cm³/mol. The summed E-state index contributed by atoms with van der Waals surface area (Å²) in [6.07, 6.45) is 2.77. The van der Waals surface area contributed by atoms with Crippen molar-refractivity contribution in [2.24, 2.45) is 0 Å². The largest absolute Gasteiger partial charge is 0.291 e. The lowest BCUT2D eigenvalue weighted by Crippen LogP contribution is -2.09. The Labute approximate surface area is 132 Å². The zero-order chi connectivity index (χ0) is 14.2. The highest BCUT2D eigenvalue weighted by Crippen LogP contribution is 2.28. The monoisotopic (exact) mass is 313 g/mol. The van der Waals surface area contributed by atoms with Gasteiger partial charge in [-0.15, -0.1) is 12.4 Å². The summed E-state index contributed by atoms with van der Waals surface area (Å²) >= 11 is 0. The van der Waals surface area contributed by atoms with Crippen molar-refractivity contribution >= 4 is 39.9 Å². The van der Waals surface area contributed by atoms with Gasteiger partial charge in [0.1, 0.15) is 0 Å². The van der Waals surface area contributed by atoms with Gasteiger partial charge in [0.2, 0.25) is 0 Å². The molecule has 4 rings (SSSR count). The lowest BCUT2D eigenvalue weighted by Gasteiger charge is -2.11. The molecule has 5 heteroatoms. The second kappa shape index (κ2) is 5.66. The molecule has 2 aromatic carbocycles. The molecule has 0 aliphatic rings. The highest BCUT2D eigenvalue weighted by molar-refractivity contribution is 6.08. The maximum absolute atomic E-state index is 13.8. The van der Waals surface area contributed by atoms with E-state index in [1.165, 1.54) is 6.20 Å². The van der Waals surface area contributed by atoms with Crippen LogP contribution in [0.3, 0.4) is 0 Å². The first-order valence-corrected chi connectivity index (χ1v) is 6.69. The maximum atomic E-state index is 13.8. The first-order chi connectivity index (χ1) is 10.3. The zero-order valence-corrected chi connectivity index (χ0v) is 12.3. The molecule has 3 nitrogen and oxygen atoms in total. The van der Waals surface area contributed by atoms with E-state index in [1.54, 1.807) is 12.3 Å². The van der Waals surface area contributed by atoms with E-state index < -0.39 is 0 Å². The van der Waals surface area contributed by atoms with Crippen LogP contribution in [0.4, 0.5) is 10.1 Å².